The van der Waals surface area contributed by atoms with Gasteiger partial charge in [0.05, 0.1) is 4.92 Å². The second-order valence-electron chi connectivity index (χ2n) is 5.50. The molecule has 0 spiro atoms. The molecule has 1 rings (SSSR count). The number of hydrogen-bond acceptors (Lipinski definition) is 7. The Labute approximate surface area is 117 Å². The molecule has 0 aromatic carbocycles. The monoisotopic (exact) mass is 283 g/mol. The maximum atomic E-state index is 11.2. The van der Waals surface area contributed by atoms with Crippen LogP contribution >= 0.6 is 0 Å². The molecule has 0 saturated carbocycles. The SMILES string of the molecule is CNc1ncnc(NC(CCO)C(C)(C)C)c1[N+](=O)[O-]. The van der Waals surface area contributed by atoms with E-state index in [0.717, 1.165) is 0 Å². The van der Waals surface area contributed by atoms with E-state index in [-0.39, 0.29) is 35.4 Å². The van der Waals surface area contributed by atoms with Crippen LogP contribution in [0.1, 0.15) is 27.2 Å². The second kappa shape index (κ2) is 6.47. The van der Waals surface area contributed by atoms with Crippen LogP contribution in [0.3, 0.4) is 0 Å². The smallest absolute Gasteiger partial charge is 0.353 e. The van der Waals surface area contributed by atoms with Gasteiger partial charge in [0, 0.05) is 19.7 Å². The van der Waals surface area contributed by atoms with Gasteiger partial charge in [0.25, 0.3) is 0 Å². The Kier molecular flexibility index (Phi) is 5.20. The van der Waals surface area contributed by atoms with Crippen molar-refractivity contribution in [2.75, 3.05) is 24.3 Å². The van der Waals surface area contributed by atoms with Gasteiger partial charge in [-0.2, -0.15) is 0 Å². The largest absolute Gasteiger partial charge is 0.396 e. The minimum atomic E-state index is -0.521. The van der Waals surface area contributed by atoms with E-state index in [0.29, 0.717) is 6.42 Å². The molecule has 0 saturated heterocycles. The van der Waals surface area contributed by atoms with Gasteiger partial charge >= 0.3 is 5.69 Å². The molecular formula is C12H21N5O3. The van der Waals surface area contributed by atoms with E-state index in [9.17, 15) is 10.1 Å². The van der Waals surface area contributed by atoms with Gasteiger partial charge in [-0.25, -0.2) is 9.97 Å². The number of aliphatic hydroxyl groups excluding tert-OH is 1. The molecule has 3 N–H and O–H groups in total. The lowest BCUT2D eigenvalue weighted by atomic mass is 9.85. The molecule has 112 valence electrons. The van der Waals surface area contributed by atoms with Crippen molar-refractivity contribution in [3.63, 3.8) is 0 Å². The van der Waals surface area contributed by atoms with Crippen molar-refractivity contribution >= 4 is 17.3 Å². The summed E-state index contributed by atoms with van der Waals surface area (Å²) in [6.45, 7) is 5.97. The number of aliphatic hydroxyl groups is 1. The molecule has 1 aromatic heterocycles. The summed E-state index contributed by atoms with van der Waals surface area (Å²) >= 11 is 0. The number of rotatable bonds is 6. The van der Waals surface area contributed by atoms with Gasteiger partial charge in [0.15, 0.2) is 0 Å². The fourth-order valence-electron chi connectivity index (χ4n) is 1.86. The van der Waals surface area contributed by atoms with E-state index in [2.05, 4.69) is 20.6 Å². The van der Waals surface area contributed by atoms with Crippen molar-refractivity contribution in [3.05, 3.63) is 16.4 Å². The van der Waals surface area contributed by atoms with Crippen LogP contribution in [-0.4, -0.2) is 39.7 Å². The molecule has 0 bridgehead atoms. The summed E-state index contributed by atoms with van der Waals surface area (Å²) in [6.07, 6.45) is 1.74. The molecule has 1 aromatic rings. The number of hydrogen-bond donors (Lipinski definition) is 3. The van der Waals surface area contributed by atoms with Crippen molar-refractivity contribution in [3.8, 4) is 0 Å². The fourth-order valence-corrected chi connectivity index (χ4v) is 1.86. The second-order valence-corrected chi connectivity index (χ2v) is 5.50. The molecule has 8 heteroatoms. The summed E-state index contributed by atoms with van der Waals surface area (Å²) in [5.74, 6) is 0.312. The van der Waals surface area contributed by atoms with Crippen LogP contribution in [0, 0.1) is 15.5 Å². The highest BCUT2D eigenvalue weighted by atomic mass is 16.6. The standard InChI is InChI=1S/C12H21N5O3/c1-12(2,3)8(5-6-18)16-11-9(17(19)20)10(13-4)14-7-15-11/h7-8,18H,5-6H2,1-4H3,(H2,13,14,15,16). The summed E-state index contributed by atoms with van der Waals surface area (Å²) in [4.78, 5) is 18.5. The van der Waals surface area contributed by atoms with Gasteiger partial charge in [0.2, 0.25) is 11.6 Å². The Morgan fingerprint density at radius 2 is 2.00 bits per heavy atom. The highest BCUT2D eigenvalue weighted by Crippen LogP contribution is 2.32. The van der Waals surface area contributed by atoms with Crippen molar-refractivity contribution < 1.29 is 10.0 Å². The van der Waals surface area contributed by atoms with Gasteiger partial charge in [-0.1, -0.05) is 20.8 Å². The molecule has 0 radical (unpaired) electrons. The fraction of sp³-hybridized carbons (Fsp3) is 0.667. The summed E-state index contributed by atoms with van der Waals surface area (Å²) in [6, 6.07) is -0.147. The van der Waals surface area contributed by atoms with Gasteiger partial charge in [-0.05, 0) is 11.8 Å². The van der Waals surface area contributed by atoms with Gasteiger partial charge in [-0.15, -0.1) is 0 Å². The highest BCUT2D eigenvalue weighted by molar-refractivity contribution is 5.69. The number of nitrogens with zero attached hydrogens (tertiary/aromatic N) is 3. The van der Waals surface area contributed by atoms with Crippen LogP contribution < -0.4 is 10.6 Å². The molecule has 0 aliphatic heterocycles. The first-order valence-electron chi connectivity index (χ1n) is 6.35. The van der Waals surface area contributed by atoms with Crippen molar-refractivity contribution in [1.82, 2.24) is 9.97 Å². The van der Waals surface area contributed by atoms with Crippen molar-refractivity contribution in [2.24, 2.45) is 5.41 Å². The third-order valence-electron chi connectivity index (χ3n) is 3.02. The average Bonchev–Trinajstić information content (AvgIpc) is 2.36. The molecule has 0 amide bonds. The number of aromatic nitrogens is 2. The van der Waals surface area contributed by atoms with Crippen LogP contribution in [0.5, 0.6) is 0 Å². The van der Waals surface area contributed by atoms with Gasteiger partial charge in [0.1, 0.15) is 6.33 Å². The van der Waals surface area contributed by atoms with E-state index in [1.165, 1.54) is 6.33 Å². The Bertz CT molecular complexity index is 473. The number of anilines is 2. The lowest BCUT2D eigenvalue weighted by molar-refractivity contribution is -0.383. The normalized spacial score (nSPS) is 12.8. The third kappa shape index (κ3) is 3.77. The number of nitrogens with one attached hydrogen (secondary N) is 2. The van der Waals surface area contributed by atoms with E-state index in [1.807, 2.05) is 20.8 Å². The maximum absolute atomic E-state index is 11.2. The Morgan fingerprint density at radius 1 is 1.40 bits per heavy atom. The maximum Gasteiger partial charge on any atom is 0.353 e. The average molecular weight is 283 g/mol. The Balaban J connectivity index is 3.16. The molecule has 1 atom stereocenters. The highest BCUT2D eigenvalue weighted by Gasteiger charge is 2.29. The Hall–Kier alpha value is -1.96. The van der Waals surface area contributed by atoms with E-state index in [1.54, 1.807) is 7.05 Å². The van der Waals surface area contributed by atoms with Crippen molar-refractivity contribution in [1.29, 1.82) is 0 Å². The first kappa shape index (κ1) is 16.1. The van der Waals surface area contributed by atoms with Crippen LogP contribution in [0.2, 0.25) is 0 Å². The number of nitro groups is 1. The first-order chi connectivity index (χ1) is 9.31. The molecule has 0 fully saturated rings. The van der Waals surface area contributed by atoms with Gasteiger partial charge < -0.3 is 15.7 Å². The molecular weight excluding hydrogens is 262 g/mol. The zero-order valence-electron chi connectivity index (χ0n) is 12.2. The molecule has 1 unspecified atom stereocenters. The van der Waals surface area contributed by atoms with E-state index >= 15 is 0 Å². The van der Waals surface area contributed by atoms with Crippen LogP contribution in [0.4, 0.5) is 17.3 Å². The molecule has 20 heavy (non-hydrogen) atoms. The quantitative estimate of drug-likeness (QED) is 0.537. The van der Waals surface area contributed by atoms with Gasteiger partial charge in [-0.3, -0.25) is 10.1 Å². The van der Waals surface area contributed by atoms with Crippen molar-refractivity contribution in [2.45, 2.75) is 33.2 Å². The minimum absolute atomic E-state index is 0.00724. The topological polar surface area (TPSA) is 113 Å². The first-order valence-corrected chi connectivity index (χ1v) is 6.35. The lowest BCUT2D eigenvalue weighted by Crippen LogP contribution is -2.35. The molecule has 0 aliphatic carbocycles. The zero-order valence-corrected chi connectivity index (χ0v) is 12.2. The van der Waals surface area contributed by atoms with Crippen LogP contribution in [0.25, 0.3) is 0 Å². The zero-order chi connectivity index (χ0) is 15.3. The third-order valence-corrected chi connectivity index (χ3v) is 3.02. The molecule has 1 heterocycles. The summed E-state index contributed by atoms with van der Waals surface area (Å²) < 4.78 is 0. The predicted molar refractivity (Wildman–Crippen MR) is 76.8 cm³/mol. The summed E-state index contributed by atoms with van der Waals surface area (Å²) in [5.41, 5.74) is -0.372. The Morgan fingerprint density at radius 3 is 2.45 bits per heavy atom. The summed E-state index contributed by atoms with van der Waals surface area (Å²) in [5, 5.41) is 26.1. The van der Waals surface area contributed by atoms with Crippen LogP contribution in [-0.2, 0) is 0 Å². The molecule has 0 aliphatic rings. The van der Waals surface area contributed by atoms with Crippen LogP contribution in [0.15, 0.2) is 6.33 Å². The molecule has 8 nitrogen and oxygen atoms in total. The van der Waals surface area contributed by atoms with E-state index < -0.39 is 4.92 Å². The lowest BCUT2D eigenvalue weighted by Gasteiger charge is -2.31. The van der Waals surface area contributed by atoms with E-state index in [4.69, 9.17) is 5.11 Å². The predicted octanol–water partition coefficient (Wildman–Crippen LogP) is 1.64. The summed E-state index contributed by atoms with van der Waals surface area (Å²) in [7, 11) is 1.56. The minimum Gasteiger partial charge on any atom is -0.396 e.